The minimum absolute atomic E-state index is 0.00421. The van der Waals surface area contributed by atoms with Gasteiger partial charge in [0.2, 0.25) is 0 Å². The van der Waals surface area contributed by atoms with E-state index in [2.05, 4.69) is 6.07 Å². The molecule has 0 radical (unpaired) electrons. The molecule has 2 aromatic carbocycles. The summed E-state index contributed by atoms with van der Waals surface area (Å²) in [5.41, 5.74) is 3.43. The standard InChI is InChI=1S/C19H21NO2/c1-19(2,3)15-12-14(8-9-17(15)21)18(22)20-11-10-13-6-4-5-7-16(13)20/h4-9,12,21H,10-11H2,1-3H3. The molecular weight excluding hydrogens is 274 g/mol. The molecule has 0 aromatic heterocycles. The third-order valence-electron chi connectivity index (χ3n) is 4.18. The van der Waals surface area contributed by atoms with Crippen molar-refractivity contribution in [2.75, 3.05) is 11.4 Å². The first kappa shape index (κ1) is 14.6. The maximum atomic E-state index is 12.8. The van der Waals surface area contributed by atoms with Gasteiger partial charge in [0.15, 0.2) is 0 Å². The van der Waals surface area contributed by atoms with Crippen molar-refractivity contribution in [3.8, 4) is 5.75 Å². The molecule has 0 saturated carbocycles. The number of phenols is 1. The molecule has 1 aliphatic heterocycles. The van der Waals surface area contributed by atoms with E-state index in [0.29, 0.717) is 12.1 Å². The first-order valence-electron chi connectivity index (χ1n) is 7.61. The van der Waals surface area contributed by atoms with Gasteiger partial charge in [0.25, 0.3) is 5.91 Å². The number of carbonyl (C=O) groups excluding carboxylic acids is 1. The number of hydrogen-bond donors (Lipinski definition) is 1. The van der Waals surface area contributed by atoms with Crippen LogP contribution < -0.4 is 4.90 Å². The highest BCUT2D eigenvalue weighted by atomic mass is 16.3. The van der Waals surface area contributed by atoms with Gasteiger partial charge in [-0.15, -0.1) is 0 Å². The number of para-hydroxylation sites is 1. The van der Waals surface area contributed by atoms with E-state index in [1.165, 1.54) is 5.56 Å². The topological polar surface area (TPSA) is 40.5 Å². The SMILES string of the molecule is CC(C)(C)c1cc(C(=O)N2CCc3ccccc32)ccc1O. The summed E-state index contributed by atoms with van der Waals surface area (Å²) in [6.07, 6.45) is 0.895. The Hall–Kier alpha value is -2.29. The van der Waals surface area contributed by atoms with Crippen LogP contribution in [0.4, 0.5) is 5.69 Å². The summed E-state index contributed by atoms with van der Waals surface area (Å²) in [6, 6.07) is 13.2. The first-order valence-corrected chi connectivity index (χ1v) is 7.61. The minimum atomic E-state index is -0.205. The number of rotatable bonds is 1. The molecule has 1 amide bonds. The molecule has 3 heteroatoms. The zero-order valence-corrected chi connectivity index (χ0v) is 13.3. The average molecular weight is 295 g/mol. The van der Waals surface area contributed by atoms with Gasteiger partial charge in [0.1, 0.15) is 5.75 Å². The summed E-state index contributed by atoms with van der Waals surface area (Å²) in [4.78, 5) is 14.7. The van der Waals surface area contributed by atoms with E-state index in [0.717, 1.165) is 17.7 Å². The van der Waals surface area contributed by atoms with Gasteiger partial charge < -0.3 is 10.0 Å². The lowest BCUT2D eigenvalue weighted by atomic mass is 9.85. The maximum absolute atomic E-state index is 12.8. The molecule has 1 aliphatic rings. The van der Waals surface area contributed by atoms with Gasteiger partial charge in [-0.1, -0.05) is 39.0 Å². The van der Waals surface area contributed by atoms with Crippen LogP contribution in [-0.2, 0) is 11.8 Å². The second kappa shape index (κ2) is 5.16. The van der Waals surface area contributed by atoms with Crippen molar-refractivity contribution < 1.29 is 9.90 Å². The molecule has 0 bridgehead atoms. The number of aromatic hydroxyl groups is 1. The number of hydrogen-bond acceptors (Lipinski definition) is 2. The van der Waals surface area contributed by atoms with Crippen molar-refractivity contribution in [1.29, 1.82) is 0 Å². The van der Waals surface area contributed by atoms with Crippen molar-refractivity contribution >= 4 is 11.6 Å². The Bertz CT molecular complexity index is 728. The van der Waals surface area contributed by atoms with Crippen LogP contribution in [0.25, 0.3) is 0 Å². The van der Waals surface area contributed by atoms with Crippen LogP contribution in [0.2, 0.25) is 0 Å². The van der Waals surface area contributed by atoms with Crippen LogP contribution in [0, 0.1) is 0 Å². The highest BCUT2D eigenvalue weighted by Gasteiger charge is 2.27. The van der Waals surface area contributed by atoms with Gasteiger partial charge in [0.05, 0.1) is 0 Å². The number of nitrogens with zero attached hydrogens (tertiary/aromatic N) is 1. The van der Waals surface area contributed by atoms with E-state index >= 15 is 0 Å². The van der Waals surface area contributed by atoms with Crippen molar-refractivity contribution in [2.45, 2.75) is 32.6 Å². The molecule has 0 atom stereocenters. The molecule has 114 valence electrons. The first-order chi connectivity index (χ1) is 10.4. The van der Waals surface area contributed by atoms with Gasteiger partial charge in [-0.3, -0.25) is 4.79 Å². The van der Waals surface area contributed by atoms with Crippen LogP contribution >= 0.6 is 0 Å². The molecule has 0 spiro atoms. The average Bonchev–Trinajstić information content (AvgIpc) is 2.89. The van der Waals surface area contributed by atoms with E-state index in [1.807, 2.05) is 49.9 Å². The predicted molar refractivity (Wildman–Crippen MR) is 88.6 cm³/mol. The second-order valence-corrected chi connectivity index (χ2v) is 6.82. The minimum Gasteiger partial charge on any atom is -0.508 e. The Labute approximate surface area is 131 Å². The largest absolute Gasteiger partial charge is 0.508 e. The van der Waals surface area contributed by atoms with E-state index in [9.17, 15) is 9.90 Å². The quantitative estimate of drug-likeness (QED) is 0.867. The molecule has 3 rings (SSSR count). The highest BCUT2D eigenvalue weighted by molar-refractivity contribution is 6.07. The molecular formula is C19H21NO2. The number of carbonyl (C=O) groups is 1. The lowest BCUT2D eigenvalue weighted by Crippen LogP contribution is -2.29. The summed E-state index contributed by atoms with van der Waals surface area (Å²) in [6.45, 7) is 6.80. The molecule has 0 saturated heterocycles. The molecule has 0 fully saturated rings. The van der Waals surface area contributed by atoms with Crippen molar-refractivity contribution in [1.82, 2.24) is 0 Å². The zero-order valence-electron chi connectivity index (χ0n) is 13.3. The Balaban J connectivity index is 1.98. The number of anilines is 1. The maximum Gasteiger partial charge on any atom is 0.258 e. The van der Waals surface area contributed by atoms with Gasteiger partial charge in [-0.05, 0) is 41.7 Å². The van der Waals surface area contributed by atoms with Crippen LogP contribution in [0.3, 0.4) is 0 Å². The smallest absolute Gasteiger partial charge is 0.258 e. The Morgan fingerprint density at radius 1 is 1.14 bits per heavy atom. The summed E-state index contributed by atoms with van der Waals surface area (Å²) < 4.78 is 0. The van der Waals surface area contributed by atoms with E-state index in [4.69, 9.17) is 0 Å². The fourth-order valence-corrected chi connectivity index (χ4v) is 2.97. The van der Waals surface area contributed by atoms with E-state index in [-0.39, 0.29) is 17.1 Å². The van der Waals surface area contributed by atoms with Crippen LogP contribution in [0.1, 0.15) is 42.3 Å². The van der Waals surface area contributed by atoms with Gasteiger partial charge in [0, 0.05) is 23.4 Å². The van der Waals surface area contributed by atoms with Gasteiger partial charge in [-0.2, -0.15) is 0 Å². The second-order valence-electron chi connectivity index (χ2n) is 6.82. The van der Waals surface area contributed by atoms with Crippen molar-refractivity contribution in [3.63, 3.8) is 0 Å². The summed E-state index contributed by atoms with van der Waals surface area (Å²) in [5, 5.41) is 10.1. The Morgan fingerprint density at radius 3 is 2.59 bits per heavy atom. The fraction of sp³-hybridized carbons (Fsp3) is 0.316. The Kier molecular flexibility index (Phi) is 3.44. The van der Waals surface area contributed by atoms with Crippen LogP contribution in [0.5, 0.6) is 5.75 Å². The third-order valence-corrected chi connectivity index (χ3v) is 4.18. The third kappa shape index (κ3) is 2.47. The fourth-order valence-electron chi connectivity index (χ4n) is 2.97. The molecule has 1 heterocycles. The molecule has 0 aliphatic carbocycles. The predicted octanol–water partition coefficient (Wildman–Crippen LogP) is 3.89. The van der Waals surface area contributed by atoms with Crippen LogP contribution in [-0.4, -0.2) is 17.6 Å². The van der Waals surface area contributed by atoms with Gasteiger partial charge >= 0.3 is 0 Å². The van der Waals surface area contributed by atoms with Crippen LogP contribution in [0.15, 0.2) is 42.5 Å². The van der Waals surface area contributed by atoms with Crippen molar-refractivity contribution in [3.05, 3.63) is 59.2 Å². The summed E-state index contributed by atoms with van der Waals surface area (Å²) in [5.74, 6) is 0.237. The van der Waals surface area contributed by atoms with Gasteiger partial charge in [-0.25, -0.2) is 0 Å². The summed E-state index contributed by atoms with van der Waals surface area (Å²) in [7, 11) is 0. The zero-order chi connectivity index (χ0) is 15.9. The number of phenolic OH excluding ortho intramolecular Hbond substituents is 1. The molecule has 2 aromatic rings. The molecule has 0 unspecified atom stereocenters. The monoisotopic (exact) mass is 295 g/mol. The Morgan fingerprint density at radius 2 is 1.86 bits per heavy atom. The highest BCUT2D eigenvalue weighted by Crippen LogP contribution is 2.33. The lowest BCUT2D eigenvalue weighted by molar-refractivity contribution is 0.0989. The number of amides is 1. The lowest BCUT2D eigenvalue weighted by Gasteiger charge is -2.23. The molecule has 1 N–H and O–H groups in total. The number of benzene rings is 2. The summed E-state index contributed by atoms with van der Waals surface area (Å²) >= 11 is 0. The van der Waals surface area contributed by atoms with Crippen molar-refractivity contribution in [2.24, 2.45) is 0 Å². The molecule has 3 nitrogen and oxygen atoms in total. The normalized spacial score (nSPS) is 14.0. The number of fused-ring (bicyclic) bond motifs is 1. The van der Waals surface area contributed by atoms with E-state index in [1.54, 1.807) is 12.1 Å². The van der Waals surface area contributed by atoms with E-state index < -0.39 is 0 Å². The molecule has 22 heavy (non-hydrogen) atoms.